The number of carbonyl (C=O) groups is 2. The second-order valence-electron chi connectivity index (χ2n) is 7.58. The van der Waals surface area contributed by atoms with Crippen LogP contribution in [-0.4, -0.2) is 33.4 Å². The summed E-state index contributed by atoms with van der Waals surface area (Å²) in [7, 11) is 0. The summed E-state index contributed by atoms with van der Waals surface area (Å²) in [6.07, 6.45) is 4.27. The minimum absolute atomic E-state index is 0.280. The standard InChI is InChI=1S/C24H21N5O2/c30-22-21(29(24(31)27-22)15-17-6-2-1-3-7-17)14-20-10-12-25-23(26-20)28-13-11-18-8-4-5-9-19(18)16-28/h1-10,12,14H,11,13,15-16H2,(H,27,30,31)/b21-14-. The smallest absolute Gasteiger partial charge is 0.329 e. The van der Waals surface area contributed by atoms with E-state index in [0.717, 1.165) is 25.1 Å². The van der Waals surface area contributed by atoms with Crippen LogP contribution >= 0.6 is 0 Å². The van der Waals surface area contributed by atoms with Gasteiger partial charge in [0.05, 0.1) is 12.2 Å². The monoisotopic (exact) mass is 411 g/mol. The van der Waals surface area contributed by atoms with E-state index in [-0.39, 0.29) is 5.70 Å². The number of hydrogen-bond acceptors (Lipinski definition) is 5. The molecular weight excluding hydrogens is 390 g/mol. The fourth-order valence-electron chi connectivity index (χ4n) is 3.93. The molecule has 7 nitrogen and oxygen atoms in total. The van der Waals surface area contributed by atoms with Crippen LogP contribution in [-0.2, 0) is 24.3 Å². The average molecular weight is 411 g/mol. The lowest BCUT2D eigenvalue weighted by Gasteiger charge is -2.28. The number of carbonyl (C=O) groups excluding carboxylic acids is 2. The molecule has 0 aliphatic carbocycles. The maximum absolute atomic E-state index is 12.4. The first kappa shape index (κ1) is 19.0. The largest absolute Gasteiger partial charge is 0.336 e. The number of imide groups is 1. The highest BCUT2D eigenvalue weighted by atomic mass is 16.2. The molecule has 154 valence electrons. The van der Waals surface area contributed by atoms with Crippen LogP contribution in [0.1, 0.15) is 22.4 Å². The van der Waals surface area contributed by atoms with Crippen LogP contribution in [0.4, 0.5) is 10.7 Å². The van der Waals surface area contributed by atoms with Crippen molar-refractivity contribution < 1.29 is 9.59 Å². The lowest BCUT2D eigenvalue weighted by Crippen LogP contribution is -2.31. The third-order valence-corrected chi connectivity index (χ3v) is 5.54. The number of nitrogens with zero attached hydrogens (tertiary/aromatic N) is 4. The Morgan fingerprint density at radius 1 is 0.968 bits per heavy atom. The second-order valence-corrected chi connectivity index (χ2v) is 7.58. The van der Waals surface area contributed by atoms with E-state index in [0.29, 0.717) is 18.2 Å². The van der Waals surface area contributed by atoms with Gasteiger partial charge < -0.3 is 4.90 Å². The molecule has 0 unspecified atom stereocenters. The first-order valence-electron chi connectivity index (χ1n) is 10.2. The molecule has 0 radical (unpaired) electrons. The molecule has 2 aliphatic rings. The maximum Gasteiger partial charge on any atom is 0.329 e. The van der Waals surface area contributed by atoms with E-state index in [9.17, 15) is 9.59 Å². The molecule has 0 spiro atoms. The highest BCUT2D eigenvalue weighted by Crippen LogP contribution is 2.23. The molecule has 3 heterocycles. The van der Waals surface area contributed by atoms with Crippen LogP contribution in [0.3, 0.4) is 0 Å². The summed E-state index contributed by atoms with van der Waals surface area (Å²) in [4.78, 5) is 37.4. The first-order valence-corrected chi connectivity index (χ1v) is 10.2. The van der Waals surface area contributed by atoms with Gasteiger partial charge in [0.1, 0.15) is 5.70 Å². The topological polar surface area (TPSA) is 78.4 Å². The summed E-state index contributed by atoms with van der Waals surface area (Å²) in [5.41, 5.74) is 4.43. The number of benzene rings is 2. The van der Waals surface area contributed by atoms with E-state index in [1.807, 2.05) is 36.4 Å². The third-order valence-electron chi connectivity index (χ3n) is 5.54. The lowest BCUT2D eigenvalue weighted by molar-refractivity contribution is -0.116. The molecule has 0 bridgehead atoms. The van der Waals surface area contributed by atoms with Gasteiger partial charge in [-0.1, -0.05) is 54.6 Å². The average Bonchev–Trinajstić information content (AvgIpc) is 3.06. The van der Waals surface area contributed by atoms with Crippen LogP contribution in [0.15, 0.2) is 72.6 Å². The van der Waals surface area contributed by atoms with Crippen molar-refractivity contribution in [3.05, 3.63) is 94.9 Å². The Hall–Kier alpha value is -4.00. The van der Waals surface area contributed by atoms with Crippen molar-refractivity contribution in [3.8, 4) is 0 Å². The van der Waals surface area contributed by atoms with E-state index in [1.165, 1.54) is 16.0 Å². The molecule has 2 aliphatic heterocycles. The Morgan fingerprint density at radius 3 is 2.58 bits per heavy atom. The first-order chi connectivity index (χ1) is 15.2. The van der Waals surface area contributed by atoms with Gasteiger partial charge in [0.25, 0.3) is 5.91 Å². The van der Waals surface area contributed by atoms with Gasteiger partial charge >= 0.3 is 6.03 Å². The SMILES string of the molecule is O=C1NC(=O)N(Cc2ccccc2)/C1=C\c1ccnc(N2CCc3ccccc3C2)n1. The number of amides is 3. The zero-order chi connectivity index (χ0) is 21.2. The molecule has 1 fully saturated rings. The molecule has 1 saturated heterocycles. The summed E-state index contributed by atoms with van der Waals surface area (Å²) >= 11 is 0. The summed E-state index contributed by atoms with van der Waals surface area (Å²) in [5, 5.41) is 2.37. The van der Waals surface area contributed by atoms with E-state index in [2.05, 4.69) is 38.4 Å². The van der Waals surface area contributed by atoms with E-state index >= 15 is 0 Å². The summed E-state index contributed by atoms with van der Waals surface area (Å²) < 4.78 is 0. The van der Waals surface area contributed by atoms with E-state index < -0.39 is 11.9 Å². The predicted molar refractivity (Wildman–Crippen MR) is 117 cm³/mol. The maximum atomic E-state index is 12.4. The van der Waals surface area contributed by atoms with Crippen molar-refractivity contribution in [2.45, 2.75) is 19.5 Å². The molecule has 3 amide bonds. The molecule has 1 aromatic heterocycles. The Balaban J connectivity index is 1.41. The number of hydrogen-bond donors (Lipinski definition) is 1. The van der Waals surface area contributed by atoms with Gasteiger partial charge in [0.2, 0.25) is 5.95 Å². The quantitative estimate of drug-likeness (QED) is 0.527. The van der Waals surface area contributed by atoms with Gasteiger partial charge in [-0.05, 0) is 35.3 Å². The third kappa shape index (κ3) is 3.90. The summed E-state index contributed by atoms with van der Waals surface area (Å²) in [6.45, 7) is 1.89. The number of aromatic nitrogens is 2. The normalized spacial score (nSPS) is 17.1. The number of urea groups is 1. The molecule has 2 aromatic carbocycles. The fourth-order valence-corrected chi connectivity index (χ4v) is 3.93. The zero-order valence-corrected chi connectivity index (χ0v) is 16.9. The number of rotatable bonds is 4. The number of nitrogens with one attached hydrogen (secondary N) is 1. The van der Waals surface area contributed by atoms with Crippen molar-refractivity contribution >= 4 is 24.0 Å². The number of fused-ring (bicyclic) bond motifs is 1. The van der Waals surface area contributed by atoms with Crippen molar-refractivity contribution in [2.75, 3.05) is 11.4 Å². The van der Waals surface area contributed by atoms with Gasteiger partial charge in [-0.3, -0.25) is 15.0 Å². The van der Waals surface area contributed by atoms with Crippen molar-refractivity contribution in [3.63, 3.8) is 0 Å². The van der Waals surface area contributed by atoms with Gasteiger partial charge in [-0.15, -0.1) is 0 Å². The Kier molecular flexibility index (Phi) is 4.92. The molecule has 7 heteroatoms. The fraction of sp³-hybridized carbons (Fsp3) is 0.167. The lowest BCUT2D eigenvalue weighted by atomic mass is 10.0. The minimum atomic E-state index is -0.429. The van der Waals surface area contributed by atoms with Crippen molar-refractivity contribution in [2.24, 2.45) is 0 Å². The predicted octanol–water partition coefficient (Wildman–Crippen LogP) is 3.13. The highest BCUT2D eigenvalue weighted by Gasteiger charge is 2.33. The van der Waals surface area contributed by atoms with E-state index in [4.69, 9.17) is 0 Å². The van der Waals surface area contributed by atoms with Crippen LogP contribution in [0.25, 0.3) is 6.08 Å². The molecule has 3 aromatic rings. The minimum Gasteiger partial charge on any atom is -0.336 e. The van der Waals surface area contributed by atoms with Gasteiger partial charge in [0.15, 0.2) is 0 Å². The molecular formula is C24H21N5O2. The molecule has 0 saturated carbocycles. The van der Waals surface area contributed by atoms with Crippen LogP contribution < -0.4 is 10.2 Å². The van der Waals surface area contributed by atoms with Crippen LogP contribution in [0.5, 0.6) is 0 Å². The van der Waals surface area contributed by atoms with Crippen LogP contribution in [0.2, 0.25) is 0 Å². The van der Waals surface area contributed by atoms with Crippen molar-refractivity contribution in [1.29, 1.82) is 0 Å². The molecule has 0 atom stereocenters. The van der Waals surface area contributed by atoms with Gasteiger partial charge in [0, 0.05) is 19.3 Å². The van der Waals surface area contributed by atoms with Gasteiger partial charge in [-0.25, -0.2) is 14.8 Å². The van der Waals surface area contributed by atoms with Crippen LogP contribution in [0, 0.1) is 0 Å². The highest BCUT2D eigenvalue weighted by molar-refractivity contribution is 6.13. The number of anilines is 1. The summed E-state index contributed by atoms with van der Waals surface area (Å²) in [5.74, 6) is 0.191. The second kappa shape index (κ2) is 8.02. The zero-order valence-electron chi connectivity index (χ0n) is 16.9. The molecule has 1 N–H and O–H groups in total. The molecule has 5 rings (SSSR count). The Bertz CT molecular complexity index is 1180. The van der Waals surface area contributed by atoms with Crippen molar-refractivity contribution in [1.82, 2.24) is 20.2 Å². The van der Waals surface area contributed by atoms with E-state index in [1.54, 1.807) is 18.3 Å². The summed E-state index contributed by atoms with van der Waals surface area (Å²) in [6, 6.07) is 19.3. The van der Waals surface area contributed by atoms with Gasteiger partial charge in [-0.2, -0.15) is 0 Å². The molecule has 31 heavy (non-hydrogen) atoms. The Morgan fingerprint density at radius 2 is 1.74 bits per heavy atom. The Labute approximate surface area is 180 Å².